The van der Waals surface area contributed by atoms with Gasteiger partial charge in [-0.25, -0.2) is 0 Å². The molecule has 0 radical (unpaired) electrons. The smallest absolute Gasteiger partial charge is 0.153 e. The zero-order valence-corrected chi connectivity index (χ0v) is 15.9. The Morgan fingerprint density at radius 2 is 2.23 bits per heavy atom. The van der Waals surface area contributed by atoms with E-state index in [0.29, 0.717) is 11.2 Å². The molecule has 0 aromatic heterocycles. The molecule has 0 N–H and O–H groups in total. The lowest BCUT2D eigenvalue weighted by Crippen LogP contribution is -2.40. The fourth-order valence-corrected chi connectivity index (χ4v) is 11.5. The normalized spacial score (nSPS) is 37.6. The topological polar surface area (TPSA) is 18.5 Å². The van der Waals surface area contributed by atoms with Gasteiger partial charge < -0.3 is 9.26 Å². The molecule has 2 nitrogen and oxygen atoms in total. The van der Waals surface area contributed by atoms with Crippen LogP contribution in [0.15, 0.2) is 36.4 Å². The van der Waals surface area contributed by atoms with Crippen molar-refractivity contribution in [3.63, 3.8) is 0 Å². The minimum absolute atomic E-state index is 0.104. The Kier molecular flexibility index (Phi) is 4.50. The van der Waals surface area contributed by atoms with E-state index < -0.39 is 5.47 Å². The fourth-order valence-electron chi connectivity index (χ4n) is 3.38. The van der Waals surface area contributed by atoms with Crippen molar-refractivity contribution in [1.82, 2.24) is 0 Å². The Morgan fingerprint density at radius 1 is 1.50 bits per heavy atom. The van der Waals surface area contributed by atoms with Crippen LogP contribution in [0.4, 0.5) is 0 Å². The molecular weight excluding hydrogens is 331 g/mol. The van der Waals surface area contributed by atoms with E-state index in [1.807, 2.05) is 29.6 Å². The molecule has 0 amide bonds. The van der Waals surface area contributed by atoms with Crippen LogP contribution in [0.3, 0.4) is 0 Å². The maximum absolute atomic E-state index is 6.58. The largest absolute Gasteiger partial charge is 0.496 e. The lowest BCUT2D eigenvalue weighted by molar-refractivity contribution is 0.0684. The van der Waals surface area contributed by atoms with Gasteiger partial charge in [-0.15, -0.1) is 0 Å². The van der Waals surface area contributed by atoms with Gasteiger partial charge in [-0.05, 0) is 51.2 Å². The van der Waals surface area contributed by atoms with Crippen LogP contribution in [0.2, 0.25) is 0 Å². The molecule has 1 saturated heterocycles. The summed E-state index contributed by atoms with van der Waals surface area (Å²) in [5.74, 6) is 1.46. The number of rotatable bonds is 3. The molecule has 0 unspecified atom stereocenters. The minimum atomic E-state index is -2.11. The van der Waals surface area contributed by atoms with E-state index in [9.17, 15) is 0 Å². The molecule has 0 bridgehead atoms. The van der Waals surface area contributed by atoms with Crippen molar-refractivity contribution in [3.8, 4) is 5.75 Å². The Bertz CT molecular complexity index is 645. The number of ether oxygens (including phenoxy) is 1. The molecule has 5 heteroatoms. The summed E-state index contributed by atoms with van der Waals surface area (Å²) in [7, 11) is 1.70. The highest BCUT2D eigenvalue weighted by Gasteiger charge is 2.53. The van der Waals surface area contributed by atoms with Crippen LogP contribution in [0.25, 0.3) is 0 Å². The second-order valence-electron chi connectivity index (χ2n) is 6.48. The third-order valence-electron chi connectivity index (χ3n) is 4.84. The first-order valence-electron chi connectivity index (χ1n) is 7.66. The molecule has 2 fully saturated rings. The number of fused-ring (bicyclic) bond motifs is 1. The highest BCUT2D eigenvalue weighted by atomic mass is 32.9. The number of benzene rings is 1. The lowest BCUT2D eigenvalue weighted by atomic mass is 9.77. The van der Waals surface area contributed by atoms with Gasteiger partial charge in [0.2, 0.25) is 0 Å². The minimum Gasteiger partial charge on any atom is -0.496 e. The van der Waals surface area contributed by atoms with E-state index >= 15 is 0 Å². The zero-order valence-electron chi connectivity index (χ0n) is 13.4. The van der Waals surface area contributed by atoms with Crippen LogP contribution in [0.5, 0.6) is 5.75 Å². The van der Waals surface area contributed by atoms with Gasteiger partial charge in [-0.1, -0.05) is 47.5 Å². The predicted molar refractivity (Wildman–Crippen MR) is 99.9 cm³/mol. The van der Waals surface area contributed by atoms with Gasteiger partial charge in [0, 0.05) is 5.25 Å². The van der Waals surface area contributed by atoms with E-state index in [-0.39, 0.29) is 5.60 Å². The molecule has 120 valence electrons. The molecule has 1 aliphatic heterocycles. The maximum Gasteiger partial charge on any atom is 0.153 e. The molecule has 1 aromatic carbocycles. The summed E-state index contributed by atoms with van der Waals surface area (Å²) in [6, 6.07) is 8.06. The second kappa shape index (κ2) is 5.98. The third-order valence-corrected chi connectivity index (χ3v) is 11.7. The third kappa shape index (κ3) is 2.80. The van der Waals surface area contributed by atoms with Crippen LogP contribution in [0, 0.1) is 5.92 Å². The molecule has 1 saturated carbocycles. The molecule has 4 atom stereocenters. The summed E-state index contributed by atoms with van der Waals surface area (Å²) in [6.45, 7) is 8.53. The zero-order chi connectivity index (χ0) is 16.0. The van der Waals surface area contributed by atoms with Crippen molar-refractivity contribution in [2.45, 2.75) is 44.0 Å². The summed E-state index contributed by atoms with van der Waals surface area (Å²) in [5, 5.41) is 1.53. The van der Waals surface area contributed by atoms with Gasteiger partial charge in [-0.2, -0.15) is 0 Å². The van der Waals surface area contributed by atoms with E-state index in [0.717, 1.165) is 30.3 Å². The van der Waals surface area contributed by atoms with Crippen molar-refractivity contribution < 1.29 is 9.26 Å². The van der Waals surface area contributed by atoms with E-state index in [1.54, 1.807) is 7.11 Å². The fraction of sp³-hybridized carbons (Fsp3) is 0.529. The SMILES string of the molecule is C=C(C)[C@@H]1CC[C@]2(C)O[P@](=S)(c3ccccc3OC)S[C@H]2C1. The highest BCUT2D eigenvalue weighted by Crippen LogP contribution is 2.74. The summed E-state index contributed by atoms with van der Waals surface area (Å²) in [4.78, 5) is 0. The van der Waals surface area contributed by atoms with Crippen LogP contribution < -0.4 is 10.0 Å². The lowest BCUT2D eigenvalue weighted by Gasteiger charge is -2.38. The number of hydrogen-bond acceptors (Lipinski definition) is 4. The summed E-state index contributed by atoms with van der Waals surface area (Å²) in [6.07, 6.45) is 3.35. The van der Waals surface area contributed by atoms with Gasteiger partial charge in [-0.3, -0.25) is 0 Å². The predicted octanol–water partition coefficient (Wildman–Crippen LogP) is 4.90. The quantitative estimate of drug-likeness (QED) is 0.568. The number of para-hydroxylation sites is 1. The Balaban J connectivity index is 1.92. The van der Waals surface area contributed by atoms with Crippen molar-refractivity contribution in [1.29, 1.82) is 0 Å². The van der Waals surface area contributed by atoms with Crippen molar-refractivity contribution >= 4 is 34.0 Å². The van der Waals surface area contributed by atoms with Gasteiger partial charge in [0.1, 0.15) is 5.75 Å². The Hall–Kier alpha value is -0.280. The Labute approximate surface area is 142 Å². The molecule has 22 heavy (non-hydrogen) atoms. The van der Waals surface area contributed by atoms with E-state index in [2.05, 4.69) is 26.5 Å². The van der Waals surface area contributed by atoms with E-state index in [4.69, 9.17) is 21.1 Å². The van der Waals surface area contributed by atoms with Gasteiger partial charge >= 0.3 is 0 Å². The Morgan fingerprint density at radius 3 is 2.91 bits per heavy atom. The molecule has 1 heterocycles. The van der Waals surface area contributed by atoms with Crippen molar-refractivity contribution in [3.05, 3.63) is 36.4 Å². The van der Waals surface area contributed by atoms with Crippen LogP contribution >= 0.6 is 16.8 Å². The molecule has 1 aliphatic carbocycles. The average Bonchev–Trinajstić information content (AvgIpc) is 2.77. The number of hydrogen-bond donors (Lipinski definition) is 0. The van der Waals surface area contributed by atoms with Gasteiger partial charge in [0.25, 0.3) is 0 Å². The first kappa shape index (κ1) is 16.6. The van der Waals surface area contributed by atoms with Gasteiger partial charge in [0.05, 0.1) is 18.0 Å². The first-order chi connectivity index (χ1) is 10.4. The first-order valence-corrected chi connectivity index (χ1v) is 11.9. The molecule has 2 aliphatic rings. The molecule has 3 rings (SSSR count). The van der Waals surface area contributed by atoms with Crippen LogP contribution in [-0.4, -0.2) is 18.0 Å². The molecule has 1 aromatic rings. The average molecular weight is 354 g/mol. The van der Waals surface area contributed by atoms with Crippen molar-refractivity contribution in [2.24, 2.45) is 5.92 Å². The highest BCUT2D eigenvalue weighted by molar-refractivity contribution is 8.72. The molecular formula is C17H23O2PS2. The second-order valence-corrected chi connectivity index (χ2v) is 13.3. The van der Waals surface area contributed by atoms with Crippen LogP contribution in [-0.2, 0) is 16.3 Å². The standard InChI is InChI=1S/C17H23O2PS2/c1-12(2)13-9-10-17(3)16(11-13)22-20(21,19-17)15-8-6-5-7-14(15)18-4/h5-8,13,16H,1,9-11H2,2-4H3/t13-,16+,17+,20+/m1/s1. The summed E-state index contributed by atoms with van der Waals surface area (Å²) < 4.78 is 12.1. The number of methoxy groups -OCH3 is 1. The van der Waals surface area contributed by atoms with Crippen LogP contribution in [0.1, 0.15) is 33.1 Å². The monoisotopic (exact) mass is 354 g/mol. The van der Waals surface area contributed by atoms with E-state index in [1.165, 1.54) is 5.57 Å². The van der Waals surface area contributed by atoms with Crippen molar-refractivity contribution in [2.75, 3.05) is 7.11 Å². The van der Waals surface area contributed by atoms with Gasteiger partial charge in [0.15, 0.2) is 5.47 Å². The molecule has 0 spiro atoms. The summed E-state index contributed by atoms with van der Waals surface area (Å²) >= 11 is 7.91. The number of allylic oxidation sites excluding steroid dienone is 1. The maximum atomic E-state index is 6.58. The summed E-state index contributed by atoms with van der Waals surface area (Å²) in [5.41, 5.74) is -0.921.